The van der Waals surface area contributed by atoms with Gasteiger partial charge in [-0.3, -0.25) is 0 Å². The SMILES string of the molecule is CC1NCc2nc(N)sc21. The van der Waals surface area contributed by atoms with Crippen LogP contribution in [0.5, 0.6) is 0 Å². The van der Waals surface area contributed by atoms with Crippen LogP contribution in [0.2, 0.25) is 0 Å². The van der Waals surface area contributed by atoms with Crippen LogP contribution in [0.15, 0.2) is 0 Å². The van der Waals surface area contributed by atoms with Crippen molar-refractivity contribution in [1.29, 1.82) is 0 Å². The van der Waals surface area contributed by atoms with Gasteiger partial charge in [-0.05, 0) is 6.92 Å². The number of rotatable bonds is 0. The normalized spacial score (nSPS) is 23.1. The molecule has 1 unspecified atom stereocenters. The highest BCUT2D eigenvalue weighted by Crippen LogP contribution is 2.31. The number of aromatic nitrogens is 1. The topological polar surface area (TPSA) is 50.9 Å². The molecule has 1 aliphatic heterocycles. The van der Waals surface area contributed by atoms with Gasteiger partial charge in [-0.15, -0.1) is 11.3 Å². The number of hydrogen-bond acceptors (Lipinski definition) is 4. The predicted octanol–water partition coefficient (Wildman–Crippen LogP) is 0.890. The van der Waals surface area contributed by atoms with Crippen molar-refractivity contribution in [2.45, 2.75) is 19.5 Å². The monoisotopic (exact) mass is 155 g/mol. The lowest BCUT2D eigenvalue weighted by Crippen LogP contribution is -2.07. The molecule has 4 heteroatoms. The number of fused-ring (bicyclic) bond motifs is 1. The smallest absolute Gasteiger partial charge is 0.180 e. The molecule has 3 N–H and O–H groups in total. The highest BCUT2D eigenvalue weighted by Gasteiger charge is 2.21. The average Bonchev–Trinajstić information content (AvgIpc) is 2.35. The highest BCUT2D eigenvalue weighted by molar-refractivity contribution is 7.15. The van der Waals surface area contributed by atoms with E-state index >= 15 is 0 Å². The Bertz CT molecular complexity index is 255. The average molecular weight is 155 g/mol. The van der Waals surface area contributed by atoms with Crippen LogP contribution in [0, 0.1) is 0 Å². The van der Waals surface area contributed by atoms with Crippen LogP contribution in [0.4, 0.5) is 5.13 Å². The van der Waals surface area contributed by atoms with E-state index in [0.717, 1.165) is 12.2 Å². The Labute approximate surface area is 63.3 Å². The van der Waals surface area contributed by atoms with E-state index in [9.17, 15) is 0 Å². The van der Waals surface area contributed by atoms with E-state index < -0.39 is 0 Å². The highest BCUT2D eigenvalue weighted by atomic mass is 32.1. The molecular formula is C6H9N3S. The quantitative estimate of drug-likeness (QED) is 0.585. The van der Waals surface area contributed by atoms with E-state index in [4.69, 9.17) is 5.73 Å². The first-order valence-electron chi connectivity index (χ1n) is 3.26. The van der Waals surface area contributed by atoms with Gasteiger partial charge in [-0.25, -0.2) is 4.98 Å². The summed E-state index contributed by atoms with van der Waals surface area (Å²) in [5.74, 6) is 0. The molecule has 0 radical (unpaired) electrons. The zero-order valence-corrected chi connectivity index (χ0v) is 6.53. The zero-order chi connectivity index (χ0) is 7.14. The molecule has 54 valence electrons. The van der Waals surface area contributed by atoms with Gasteiger partial charge in [0.05, 0.1) is 5.69 Å². The van der Waals surface area contributed by atoms with E-state index in [1.54, 1.807) is 11.3 Å². The van der Waals surface area contributed by atoms with Crippen LogP contribution in [-0.2, 0) is 6.54 Å². The molecular weight excluding hydrogens is 146 g/mol. The van der Waals surface area contributed by atoms with E-state index in [1.165, 1.54) is 4.88 Å². The van der Waals surface area contributed by atoms with Gasteiger partial charge >= 0.3 is 0 Å². The van der Waals surface area contributed by atoms with Crippen molar-refractivity contribution in [3.05, 3.63) is 10.6 Å². The molecule has 2 rings (SSSR count). The molecule has 0 spiro atoms. The van der Waals surface area contributed by atoms with E-state index in [1.807, 2.05) is 0 Å². The standard InChI is InChI=1S/C6H9N3S/c1-3-5-4(2-8-3)9-6(7)10-5/h3,8H,2H2,1H3,(H2,7,9). The summed E-state index contributed by atoms with van der Waals surface area (Å²) in [5.41, 5.74) is 6.66. The van der Waals surface area contributed by atoms with Gasteiger partial charge in [0.2, 0.25) is 0 Å². The fourth-order valence-electron chi connectivity index (χ4n) is 1.19. The van der Waals surface area contributed by atoms with Gasteiger partial charge in [0.25, 0.3) is 0 Å². The maximum absolute atomic E-state index is 5.53. The third-order valence-corrected chi connectivity index (χ3v) is 2.82. The van der Waals surface area contributed by atoms with Gasteiger partial charge in [0.15, 0.2) is 5.13 Å². The van der Waals surface area contributed by atoms with Crippen LogP contribution >= 0.6 is 11.3 Å². The Morgan fingerprint density at radius 3 is 3.30 bits per heavy atom. The fraction of sp³-hybridized carbons (Fsp3) is 0.500. The molecule has 2 heterocycles. The van der Waals surface area contributed by atoms with Crippen molar-refractivity contribution in [2.24, 2.45) is 0 Å². The van der Waals surface area contributed by atoms with Crippen molar-refractivity contribution in [3.8, 4) is 0 Å². The Morgan fingerprint density at radius 1 is 1.80 bits per heavy atom. The number of nitrogens with two attached hydrogens (primary N) is 1. The van der Waals surface area contributed by atoms with Crippen LogP contribution in [-0.4, -0.2) is 4.98 Å². The van der Waals surface area contributed by atoms with Crippen LogP contribution in [0.3, 0.4) is 0 Å². The first-order valence-corrected chi connectivity index (χ1v) is 4.07. The Kier molecular flexibility index (Phi) is 1.18. The number of anilines is 1. The van der Waals surface area contributed by atoms with Crippen LogP contribution < -0.4 is 11.1 Å². The maximum atomic E-state index is 5.53. The Balaban J connectivity index is 2.49. The maximum Gasteiger partial charge on any atom is 0.180 e. The lowest BCUT2D eigenvalue weighted by molar-refractivity contribution is 0.636. The second kappa shape index (κ2) is 1.93. The summed E-state index contributed by atoms with van der Waals surface area (Å²) in [4.78, 5) is 5.48. The van der Waals surface area contributed by atoms with Gasteiger partial charge in [-0.1, -0.05) is 0 Å². The van der Waals surface area contributed by atoms with Gasteiger partial charge in [-0.2, -0.15) is 0 Å². The number of nitrogens with one attached hydrogen (secondary N) is 1. The molecule has 0 saturated carbocycles. The lowest BCUT2D eigenvalue weighted by Gasteiger charge is -1.98. The second-order valence-corrected chi connectivity index (χ2v) is 3.53. The summed E-state index contributed by atoms with van der Waals surface area (Å²) < 4.78 is 0. The molecule has 3 nitrogen and oxygen atoms in total. The molecule has 10 heavy (non-hydrogen) atoms. The van der Waals surface area contributed by atoms with Crippen molar-refractivity contribution in [1.82, 2.24) is 10.3 Å². The first kappa shape index (κ1) is 6.12. The summed E-state index contributed by atoms with van der Waals surface area (Å²) in [7, 11) is 0. The molecule has 0 bridgehead atoms. The van der Waals surface area contributed by atoms with Gasteiger partial charge in [0, 0.05) is 17.5 Å². The minimum atomic E-state index is 0.449. The number of nitrogens with zero attached hydrogens (tertiary/aromatic N) is 1. The molecule has 0 fully saturated rings. The number of nitrogen functional groups attached to an aromatic ring is 1. The summed E-state index contributed by atoms with van der Waals surface area (Å²) in [6.45, 7) is 3.01. The molecule has 1 atom stereocenters. The van der Waals surface area contributed by atoms with Gasteiger partial charge in [0.1, 0.15) is 0 Å². The third-order valence-electron chi connectivity index (χ3n) is 1.71. The van der Waals surface area contributed by atoms with Crippen molar-refractivity contribution in [3.63, 3.8) is 0 Å². The molecule has 0 amide bonds. The molecule has 1 aromatic heterocycles. The van der Waals surface area contributed by atoms with E-state index in [-0.39, 0.29) is 0 Å². The van der Waals surface area contributed by atoms with Crippen LogP contribution in [0.1, 0.15) is 23.5 Å². The van der Waals surface area contributed by atoms with Crippen molar-refractivity contribution < 1.29 is 0 Å². The Hall–Kier alpha value is -0.610. The minimum Gasteiger partial charge on any atom is -0.375 e. The summed E-state index contributed by atoms with van der Waals surface area (Å²) in [5, 5.41) is 3.98. The lowest BCUT2D eigenvalue weighted by atomic mass is 10.3. The first-order chi connectivity index (χ1) is 4.77. The van der Waals surface area contributed by atoms with Crippen molar-refractivity contribution in [2.75, 3.05) is 5.73 Å². The van der Waals surface area contributed by atoms with E-state index in [0.29, 0.717) is 11.2 Å². The summed E-state index contributed by atoms with van der Waals surface area (Å²) in [6.07, 6.45) is 0. The van der Waals surface area contributed by atoms with Crippen molar-refractivity contribution >= 4 is 16.5 Å². The number of thiazole rings is 1. The second-order valence-electron chi connectivity index (χ2n) is 2.47. The molecule has 0 aliphatic carbocycles. The molecule has 1 aromatic rings. The minimum absolute atomic E-state index is 0.449. The van der Waals surface area contributed by atoms with E-state index in [2.05, 4.69) is 17.2 Å². The molecule has 1 aliphatic rings. The third kappa shape index (κ3) is 0.726. The number of hydrogen-bond donors (Lipinski definition) is 2. The van der Waals surface area contributed by atoms with Crippen LogP contribution in [0.25, 0.3) is 0 Å². The Morgan fingerprint density at radius 2 is 2.60 bits per heavy atom. The van der Waals surface area contributed by atoms with Gasteiger partial charge < -0.3 is 11.1 Å². The molecule has 0 saturated heterocycles. The predicted molar refractivity (Wildman–Crippen MR) is 41.8 cm³/mol. The largest absolute Gasteiger partial charge is 0.375 e. The fourth-order valence-corrected chi connectivity index (χ4v) is 2.07. The summed E-state index contributed by atoms with van der Waals surface area (Å²) in [6, 6.07) is 0.449. The molecule has 0 aromatic carbocycles. The summed E-state index contributed by atoms with van der Waals surface area (Å²) >= 11 is 1.59. The zero-order valence-electron chi connectivity index (χ0n) is 5.72.